The number of piperidine rings is 1. The number of aliphatic hydroxyl groups is 1. The molecule has 2 aromatic heterocycles. The molecule has 2 unspecified atom stereocenters. The quantitative estimate of drug-likeness (QED) is 0.625. The largest absolute Gasteiger partial charge is 0.383 e. The van der Waals surface area contributed by atoms with Crippen LogP contribution in [0.4, 0.5) is 0 Å². The van der Waals surface area contributed by atoms with Crippen LogP contribution in [0.1, 0.15) is 26.5 Å². The van der Waals surface area contributed by atoms with Gasteiger partial charge in [0.1, 0.15) is 5.60 Å². The van der Waals surface area contributed by atoms with Crippen LogP contribution in [0.25, 0.3) is 0 Å². The zero-order valence-corrected chi connectivity index (χ0v) is 16.7. The van der Waals surface area contributed by atoms with E-state index in [0.717, 1.165) is 29.3 Å². The Morgan fingerprint density at radius 1 is 1.07 bits per heavy atom. The van der Waals surface area contributed by atoms with E-state index in [0.29, 0.717) is 13.0 Å². The summed E-state index contributed by atoms with van der Waals surface area (Å²) < 4.78 is 0. The van der Waals surface area contributed by atoms with Gasteiger partial charge >= 0.3 is 0 Å². The van der Waals surface area contributed by atoms with Gasteiger partial charge in [-0.05, 0) is 41.3 Å². The molecule has 2 atom stereocenters. The molecule has 4 rings (SSSR count). The number of likely N-dealkylation sites (tertiary alicyclic amines) is 1. The third kappa shape index (κ3) is 3.92. The molecule has 5 heteroatoms. The predicted molar refractivity (Wildman–Crippen MR) is 112 cm³/mol. The van der Waals surface area contributed by atoms with Crippen molar-refractivity contribution in [1.82, 2.24) is 4.90 Å². The first-order valence-electron chi connectivity index (χ1n) is 9.27. The second-order valence-corrected chi connectivity index (χ2v) is 8.98. The van der Waals surface area contributed by atoms with Crippen molar-refractivity contribution >= 4 is 28.5 Å². The monoisotopic (exact) mass is 397 g/mol. The molecule has 140 valence electrons. The Balaban J connectivity index is 1.54. The van der Waals surface area contributed by atoms with Gasteiger partial charge in [0.2, 0.25) is 0 Å². The molecule has 3 aromatic rings. The molecule has 1 aliphatic heterocycles. The van der Waals surface area contributed by atoms with Crippen molar-refractivity contribution in [2.75, 3.05) is 19.6 Å². The minimum atomic E-state index is -1.07. The van der Waals surface area contributed by atoms with Gasteiger partial charge in [-0.3, -0.25) is 4.79 Å². The molecule has 0 saturated carbocycles. The van der Waals surface area contributed by atoms with E-state index in [1.54, 1.807) is 11.3 Å². The van der Waals surface area contributed by atoms with Crippen LogP contribution in [-0.2, 0) is 12.0 Å². The van der Waals surface area contributed by atoms with Crippen molar-refractivity contribution in [2.45, 2.75) is 18.4 Å². The van der Waals surface area contributed by atoms with Crippen molar-refractivity contribution < 1.29 is 9.90 Å². The molecule has 0 radical (unpaired) electrons. The first-order chi connectivity index (χ1) is 13.2. The molecule has 1 saturated heterocycles. The number of Topliss-reactive ketones (excluding diaryl/α,β-unsaturated/α-hetero) is 1. The summed E-state index contributed by atoms with van der Waals surface area (Å²) in [7, 11) is 0. The fourth-order valence-corrected chi connectivity index (χ4v) is 5.48. The van der Waals surface area contributed by atoms with E-state index in [9.17, 15) is 9.90 Å². The summed E-state index contributed by atoms with van der Waals surface area (Å²) in [5, 5.41) is 15.4. The van der Waals surface area contributed by atoms with E-state index < -0.39 is 11.5 Å². The number of carbonyl (C=O) groups excluding carboxylic acids is 1. The Bertz CT molecular complexity index is 861. The van der Waals surface area contributed by atoms with Crippen molar-refractivity contribution in [3.8, 4) is 0 Å². The maximum atomic E-state index is 13.2. The van der Waals surface area contributed by atoms with Gasteiger partial charge in [-0.2, -0.15) is 0 Å². The fourth-order valence-electron chi connectivity index (χ4n) is 3.85. The Morgan fingerprint density at radius 3 is 2.56 bits per heavy atom. The molecule has 0 amide bonds. The lowest BCUT2D eigenvalue weighted by Gasteiger charge is -2.43. The molecule has 27 heavy (non-hydrogen) atoms. The highest BCUT2D eigenvalue weighted by Gasteiger charge is 2.47. The predicted octanol–water partition coefficient (Wildman–Crippen LogP) is 4.44. The first kappa shape index (κ1) is 18.6. The lowest BCUT2D eigenvalue weighted by Crippen LogP contribution is -2.53. The number of ketones is 1. The number of hydrogen-bond donors (Lipinski definition) is 1. The highest BCUT2D eigenvalue weighted by atomic mass is 32.1. The van der Waals surface area contributed by atoms with Crippen molar-refractivity contribution in [3.63, 3.8) is 0 Å². The molecule has 0 spiro atoms. The van der Waals surface area contributed by atoms with Gasteiger partial charge in [-0.25, -0.2) is 0 Å². The van der Waals surface area contributed by atoms with Gasteiger partial charge in [-0.15, -0.1) is 22.7 Å². The summed E-state index contributed by atoms with van der Waals surface area (Å²) in [5.41, 5.74) is 0.233. The number of thiophene rings is 2. The second-order valence-electron chi connectivity index (χ2n) is 7.08. The average molecular weight is 398 g/mol. The highest BCUT2D eigenvalue weighted by molar-refractivity contribution is 7.12. The fraction of sp³-hybridized carbons (Fsp3) is 0.318. The normalized spacial score (nSPS) is 23.4. The molecule has 1 N–H and O–H groups in total. The molecule has 1 aliphatic rings. The minimum absolute atomic E-state index is 0.0605. The standard InChI is InChI=1S/C22H23NO2S2/c24-21(19-8-4-14-26-19)18-16-23(12-10-17-6-2-1-3-7-17)13-11-22(18,25)20-9-5-15-27-20/h1-9,14-15,18,25H,10-13,16H2. The average Bonchev–Trinajstić information content (AvgIpc) is 3.42. The van der Waals surface area contributed by atoms with E-state index in [-0.39, 0.29) is 5.78 Å². The van der Waals surface area contributed by atoms with Gasteiger partial charge in [0.25, 0.3) is 0 Å². The topological polar surface area (TPSA) is 40.5 Å². The molecule has 0 aliphatic carbocycles. The molecule has 1 aromatic carbocycles. The number of rotatable bonds is 6. The second kappa shape index (κ2) is 8.07. The van der Waals surface area contributed by atoms with Crippen LogP contribution in [0, 0.1) is 5.92 Å². The molecule has 0 bridgehead atoms. The van der Waals surface area contributed by atoms with Crippen LogP contribution in [0.5, 0.6) is 0 Å². The van der Waals surface area contributed by atoms with Crippen molar-refractivity contribution in [3.05, 3.63) is 80.7 Å². The summed E-state index contributed by atoms with van der Waals surface area (Å²) in [5.74, 6) is -0.371. The maximum absolute atomic E-state index is 13.2. The van der Waals surface area contributed by atoms with Gasteiger partial charge in [0, 0.05) is 24.5 Å². The smallest absolute Gasteiger partial charge is 0.180 e. The summed E-state index contributed by atoms with van der Waals surface area (Å²) >= 11 is 3.00. The van der Waals surface area contributed by atoms with E-state index in [4.69, 9.17) is 0 Å². The number of carbonyl (C=O) groups is 1. The Hall–Kier alpha value is -1.79. The van der Waals surface area contributed by atoms with Crippen LogP contribution in [0.2, 0.25) is 0 Å². The van der Waals surface area contributed by atoms with Crippen LogP contribution in [0.3, 0.4) is 0 Å². The van der Waals surface area contributed by atoms with Gasteiger partial charge in [-0.1, -0.05) is 42.5 Å². The number of hydrogen-bond acceptors (Lipinski definition) is 5. The number of benzene rings is 1. The number of nitrogens with zero attached hydrogens (tertiary/aromatic N) is 1. The molecule has 3 nitrogen and oxygen atoms in total. The van der Waals surface area contributed by atoms with Crippen LogP contribution < -0.4 is 0 Å². The third-order valence-electron chi connectivity index (χ3n) is 5.41. The summed E-state index contributed by atoms with van der Waals surface area (Å²) in [6.07, 6.45) is 1.54. The van der Waals surface area contributed by atoms with Crippen molar-refractivity contribution in [1.29, 1.82) is 0 Å². The van der Waals surface area contributed by atoms with Gasteiger partial charge in [0.15, 0.2) is 5.78 Å². The minimum Gasteiger partial charge on any atom is -0.383 e. The lowest BCUT2D eigenvalue weighted by molar-refractivity contribution is -0.0612. The van der Waals surface area contributed by atoms with Crippen LogP contribution >= 0.6 is 22.7 Å². The Morgan fingerprint density at radius 2 is 1.85 bits per heavy atom. The van der Waals surface area contributed by atoms with Crippen LogP contribution in [0.15, 0.2) is 65.4 Å². The van der Waals surface area contributed by atoms with Gasteiger partial charge in [0.05, 0.1) is 10.8 Å². The van der Waals surface area contributed by atoms with Gasteiger partial charge < -0.3 is 10.0 Å². The summed E-state index contributed by atoms with van der Waals surface area (Å²) in [6.45, 7) is 2.30. The van der Waals surface area contributed by atoms with Crippen molar-refractivity contribution in [2.24, 2.45) is 5.92 Å². The van der Waals surface area contributed by atoms with E-state index >= 15 is 0 Å². The molecule has 1 fully saturated rings. The van der Waals surface area contributed by atoms with E-state index in [1.165, 1.54) is 16.9 Å². The van der Waals surface area contributed by atoms with E-state index in [1.807, 2.05) is 41.1 Å². The maximum Gasteiger partial charge on any atom is 0.180 e. The summed E-state index contributed by atoms with van der Waals surface area (Å²) in [4.78, 5) is 17.2. The molecule has 3 heterocycles. The highest BCUT2D eigenvalue weighted by Crippen LogP contribution is 2.41. The first-order valence-corrected chi connectivity index (χ1v) is 11.0. The van der Waals surface area contributed by atoms with Crippen LogP contribution in [-0.4, -0.2) is 35.4 Å². The van der Waals surface area contributed by atoms with E-state index in [2.05, 4.69) is 29.2 Å². The molecular formula is C22H23NO2S2. The molecular weight excluding hydrogens is 374 g/mol. The zero-order chi connectivity index (χ0) is 18.7. The zero-order valence-electron chi connectivity index (χ0n) is 15.1. The lowest BCUT2D eigenvalue weighted by atomic mass is 9.77. The summed E-state index contributed by atoms with van der Waals surface area (Å²) in [6, 6.07) is 18.1. The third-order valence-corrected chi connectivity index (χ3v) is 7.34. The SMILES string of the molecule is O=C(c1cccs1)C1CN(CCc2ccccc2)CCC1(O)c1cccs1. The Kier molecular flexibility index (Phi) is 5.55. The Labute approximate surface area is 167 Å².